The van der Waals surface area contributed by atoms with Crippen LogP contribution in [0.2, 0.25) is 5.02 Å². The Bertz CT molecular complexity index is 1230. The zero-order valence-corrected chi connectivity index (χ0v) is 19.6. The normalized spacial score (nSPS) is 11.3. The third kappa shape index (κ3) is 6.06. The van der Waals surface area contributed by atoms with E-state index in [1.807, 2.05) is 85.1 Å². The van der Waals surface area contributed by atoms with Crippen LogP contribution in [0.4, 0.5) is 0 Å². The molecule has 0 spiro atoms. The van der Waals surface area contributed by atoms with Crippen LogP contribution in [0.3, 0.4) is 0 Å². The van der Waals surface area contributed by atoms with Crippen LogP contribution in [-0.4, -0.2) is 18.1 Å². The molecule has 0 aliphatic heterocycles. The van der Waals surface area contributed by atoms with Gasteiger partial charge in [-0.15, -0.1) is 0 Å². The van der Waals surface area contributed by atoms with Crippen LogP contribution in [0.25, 0.3) is 22.4 Å². The number of methoxy groups -OCH3 is 1. The van der Waals surface area contributed by atoms with E-state index in [0.29, 0.717) is 17.5 Å². The molecule has 4 rings (SSSR count). The molecular weight excluding hydrogens is 452 g/mol. The molecular formula is C26H23ClN4OS. The van der Waals surface area contributed by atoms with E-state index in [0.717, 1.165) is 38.6 Å². The fraction of sp³-hybridized carbons (Fsp3) is 0.0769. The zero-order chi connectivity index (χ0) is 23.0. The fourth-order valence-electron chi connectivity index (χ4n) is 3.23. The average Bonchev–Trinajstić information content (AvgIpc) is 2.87. The molecule has 7 heteroatoms. The van der Waals surface area contributed by atoms with E-state index >= 15 is 0 Å². The number of nitrogens with two attached hydrogens (primary N) is 1. The Morgan fingerprint density at radius 1 is 1.00 bits per heavy atom. The number of aliphatic imine (C=N–C) groups is 1. The van der Waals surface area contributed by atoms with Gasteiger partial charge in [-0.3, -0.25) is 9.71 Å². The van der Waals surface area contributed by atoms with E-state index in [1.165, 1.54) is 11.9 Å². The van der Waals surface area contributed by atoms with Crippen molar-refractivity contribution in [1.29, 1.82) is 0 Å². The van der Waals surface area contributed by atoms with E-state index in [2.05, 4.69) is 15.8 Å². The summed E-state index contributed by atoms with van der Waals surface area (Å²) < 4.78 is 8.35. The van der Waals surface area contributed by atoms with E-state index < -0.39 is 0 Å². The lowest BCUT2D eigenvalue weighted by Gasteiger charge is -2.12. The number of hydrogen-bond acceptors (Lipinski definition) is 4. The number of pyridine rings is 1. The number of guanidine groups is 1. The largest absolute Gasteiger partial charge is 0.497 e. The molecule has 5 nitrogen and oxygen atoms in total. The number of hydrogen-bond donors (Lipinski definition) is 2. The van der Waals surface area contributed by atoms with Crippen LogP contribution < -0.4 is 15.2 Å². The Balaban J connectivity index is 1.58. The van der Waals surface area contributed by atoms with Gasteiger partial charge in [0.15, 0.2) is 5.96 Å². The summed E-state index contributed by atoms with van der Waals surface area (Å²) in [4.78, 5) is 10.3. The van der Waals surface area contributed by atoms with Crippen molar-refractivity contribution >= 4 is 29.5 Å². The maximum atomic E-state index is 6.11. The van der Waals surface area contributed by atoms with Gasteiger partial charge in [0.2, 0.25) is 0 Å². The number of rotatable bonds is 7. The second-order valence-electron chi connectivity index (χ2n) is 7.19. The third-order valence-electron chi connectivity index (χ3n) is 4.91. The van der Waals surface area contributed by atoms with Crippen LogP contribution in [0.15, 0.2) is 101 Å². The molecule has 1 aromatic heterocycles. The van der Waals surface area contributed by atoms with Crippen LogP contribution in [-0.2, 0) is 6.54 Å². The predicted octanol–water partition coefficient (Wildman–Crippen LogP) is 6.19. The maximum Gasteiger partial charge on any atom is 0.199 e. The lowest BCUT2D eigenvalue weighted by Crippen LogP contribution is -2.25. The topological polar surface area (TPSA) is 72.5 Å². The molecule has 4 aromatic rings. The standard InChI is InChI=1S/C26H23ClN4OS/c1-32-22-13-9-20(10-14-22)25-24(19-7-11-21(27)12-8-19)15-18(16-29-25)17-30-26(28)31-33-23-5-3-2-4-6-23/h2-16H,17H2,1H3,(H3,28,30,31). The molecule has 3 aromatic carbocycles. The molecule has 0 amide bonds. The van der Waals surface area contributed by atoms with Crippen molar-refractivity contribution in [1.82, 2.24) is 9.71 Å². The molecule has 166 valence electrons. The Morgan fingerprint density at radius 2 is 1.70 bits per heavy atom. The number of benzene rings is 3. The number of nitrogens with zero attached hydrogens (tertiary/aromatic N) is 2. The van der Waals surface area contributed by atoms with E-state index in [4.69, 9.17) is 27.1 Å². The summed E-state index contributed by atoms with van der Waals surface area (Å²) >= 11 is 7.53. The second-order valence-corrected chi connectivity index (χ2v) is 8.51. The number of ether oxygens (including phenoxy) is 1. The van der Waals surface area contributed by atoms with Gasteiger partial charge in [-0.05, 0) is 77.7 Å². The summed E-state index contributed by atoms with van der Waals surface area (Å²) in [6, 6.07) is 27.6. The van der Waals surface area contributed by atoms with Crippen LogP contribution >= 0.6 is 23.5 Å². The van der Waals surface area contributed by atoms with Crippen molar-refractivity contribution in [3.8, 4) is 28.1 Å². The van der Waals surface area contributed by atoms with Gasteiger partial charge in [0.25, 0.3) is 0 Å². The molecule has 0 bridgehead atoms. The Morgan fingerprint density at radius 3 is 2.39 bits per heavy atom. The quantitative estimate of drug-likeness (QED) is 0.190. The fourth-order valence-corrected chi connectivity index (χ4v) is 3.94. The lowest BCUT2D eigenvalue weighted by molar-refractivity contribution is 0.415. The molecule has 0 fully saturated rings. The molecule has 3 N–H and O–H groups in total. The van der Waals surface area contributed by atoms with Crippen molar-refractivity contribution in [2.45, 2.75) is 11.4 Å². The van der Waals surface area contributed by atoms with Gasteiger partial charge in [-0.2, -0.15) is 0 Å². The highest BCUT2D eigenvalue weighted by Gasteiger charge is 2.11. The van der Waals surface area contributed by atoms with Gasteiger partial charge in [0, 0.05) is 27.2 Å². The minimum Gasteiger partial charge on any atom is -0.497 e. The van der Waals surface area contributed by atoms with Crippen molar-refractivity contribution in [3.63, 3.8) is 0 Å². The van der Waals surface area contributed by atoms with E-state index in [1.54, 1.807) is 7.11 Å². The van der Waals surface area contributed by atoms with E-state index in [9.17, 15) is 0 Å². The molecule has 33 heavy (non-hydrogen) atoms. The molecule has 0 saturated carbocycles. The minimum absolute atomic E-state index is 0.358. The first kappa shape index (κ1) is 22.7. The monoisotopic (exact) mass is 474 g/mol. The average molecular weight is 475 g/mol. The SMILES string of the molecule is COc1ccc(-c2ncc(CN=C(N)NSc3ccccc3)cc2-c2ccc(Cl)cc2)cc1. The number of aromatic nitrogens is 1. The maximum absolute atomic E-state index is 6.11. The molecule has 1 heterocycles. The van der Waals surface area contributed by atoms with Gasteiger partial charge >= 0.3 is 0 Å². The molecule has 0 atom stereocenters. The highest BCUT2D eigenvalue weighted by atomic mass is 35.5. The van der Waals surface area contributed by atoms with Gasteiger partial charge < -0.3 is 10.5 Å². The molecule has 0 saturated heterocycles. The third-order valence-corrected chi connectivity index (χ3v) is 5.98. The van der Waals surface area contributed by atoms with Crippen molar-refractivity contribution in [2.24, 2.45) is 10.7 Å². The van der Waals surface area contributed by atoms with Crippen molar-refractivity contribution in [2.75, 3.05) is 7.11 Å². The van der Waals surface area contributed by atoms with Crippen molar-refractivity contribution < 1.29 is 4.74 Å². The van der Waals surface area contributed by atoms with Crippen molar-refractivity contribution in [3.05, 3.63) is 102 Å². The summed E-state index contributed by atoms with van der Waals surface area (Å²) in [7, 11) is 1.65. The molecule has 0 aliphatic rings. The zero-order valence-electron chi connectivity index (χ0n) is 18.0. The van der Waals surface area contributed by atoms with Crippen LogP contribution in [0, 0.1) is 0 Å². The Labute approximate surface area is 202 Å². The highest BCUT2D eigenvalue weighted by Crippen LogP contribution is 2.33. The van der Waals surface area contributed by atoms with E-state index in [-0.39, 0.29) is 0 Å². The summed E-state index contributed by atoms with van der Waals surface area (Å²) in [5, 5.41) is 0.688. The molecule has 0 aliphatic carbocycles. The molecule has 0 radical (unpaired) electrons. The number of nitrogens with one attached hydrogen (secondary N) is 1. The first-order chi connectivity index (χ1) is 16.1. The first-order valence-corrected chi connectivity index (χ1v) is 11.5. The first-order valence-electron chi connectivity index (χ1n) is 10.3. The van der Waals surface area contributed by atoms with Gasteiger partial charge in [-0.1, -0.05) is 41.9 Å². The second kappa shape index (κ2) is 10.9. The van der Waals surface area contributed by atoms with Gasteiger partial charge in [0.05, 0.1) is 19.3 Å². The summed E-state index contributed by atoms with van der Waals surface area (Å²) in [5.41, 5.74) is 10.9. The number of halogens is 1. The summed E-state index contributed by atoms with van der Waals surface area (Å²) in [6.45, 7) is 0.407. The predicted molar refractivity (Wildman–Crippen MR) is 137 cm³/mol. The van der Waals surface area contributed by atoms with Crippen LogP contribution in [0.5, 0.6) is 5.75 Å². The minimum atomic E-state index is 0.358. The van der Waals surface area contributed by atoms with Crippen LogP contribution in [0.1, 0.15) is 5.56 Å². The molecule has 0 unspecified atom stereocenters. The summed E-state index contributed by atoms with van der Waals surface area (Å²) in [6.07, 6.45) is 1.83. The smallest absolute Gasteiger partial charge is 0.199 e. The van der Waals surface area contributed by atoms with Gasteiger partial charge in [0.1, 0.15) is 5.75 Å². The highest BCUT2D eigenvalue weighted by molar-refractivity contribution is 7.98. The Kier molecular flexibility index (Phi) is 7.50. The lowest BCUT2D eigenvalue weighted by atomic mass is 9.98. The van der Waals surface area contributed by atoms with Gasteiger partial charge in [-0.25, -0.2) is 4.99 Å². The Hall–Kier alpha value is -3.48. The summed E-state index contributed by atoms with van der Waals surface area (Å²) in [5.74, 6) is 1.16.